The van der Waals surface area contributed by atoms with Gasteiger partial charge in [0.25, 0.3) is 0 Å². The van der Waals surface area contributed by atoms with Crippen LogP contribution in [0.25, 0.3) is 0 Å². The summed E-state index contributed by atoms with van der Waals surface area (Å²) < 4.78 is 13.5. The zero-order chi connectivity index (χ0) is 14.7. The molecule has 0 bridgehead atoms. The Morgan fingerprint density at radius 1 is 1.30 bits per heavy atom. The topological polar surface area (TPSA) is 72.4 Å². The van der Waals surface area contributed by atoms with Gasteiger partial charge in [0, 0.05) is 18.0 Å². The highest BCUT2D eigenvalue weighted by atomic mass is 32.1. The Bertz CT molecular complexity index is 527. The summed E-state index contributed by atoms with van der Waals surface area (Å²) >= 11 is 4.88. The van der Waals surface area contributed by atoms with Crippen LogP contribution in [0.3, 0.4) is 0 Å². The lowest BCUT2D eigenvalue weighted by molar-refractivity contribution is -0.123. The van der Waals surface area contributed by atoms with Crippen molar-refractivity contribution >= 4 is 23.1 Å². The second-order valence-corrected chi connectivity index (χ2v) is 5.61. The van der Waals surface area contributed by atoms with Gasteiger partial charge in [-0.05, 0) is 49.7 Å². The predicted molar refractivity (Wildman–Crippen MR) is 79.5 cm³/mol. The molecule has 108 valence electrons. The minimum Gasteiger partial charge on any atom is -0.389 e. The SMILES string of the molecule is NC(=O)C1CCN(Cc2cc(F)cc(C(N)=S)c2)CC1. The molecule has 0 saturated carbocycles. The standard InChI is InChI=1S/C14H18FN3OS/c15-12-6-9(5-11(7-12)14(17)20)8-18-3-1-10(2-4-18)13(16)19/h5-7,10H,1-4,8H2,(H2,16,19)(H2,17,20). The molecule has 1 aromatic carbocycles. The van der Waals surface area contributed by atoms with Gasteiger partial charge in [0.15, 0.2) is 0 Å². The highest BCUT2D eigenvalue weighted by molar-refractivity contribution is 7.80. The Morgan fingerprint density at radius 3 is 2.50 bits per heavy atom. The van der Waals surface area contributed by atoms with Gasteiger partial charge in [-0.1, -0.05) is 12.2 Å². The minimum atomic E-state index is -0.336. The number of carbonyl (C=O) groups is 1. The van der Waals surface area contributed by atoms with E-state index in [-0.39, 0.29) is 22.6 Å². The fraction of sp³-hybridized carbons (Fsp3) is 0.429. The van der Waals surface area contributed by atoms with Gasteiger partial charge in [0.05, 0.1) is 0 Å². The van der Waals surface area contributed by atoms with Crippen LogP contribution < -0.4 is 11.5 Å². The molecule has 4 nitrogen and oxygen atoms in total. The van der Waals surface area contributed by atoms with Crippen molar-refractivity contribution in [2.75, 3.05) is 13.1 Å². The maximum atomic E-state index is 13.5. The summed E-state index contributed by atoms with van der Waals surface area (Å²) in [5.41, 5.74) is 12.2. The molecule has 0 radical (unpaired) electrons. The highest BCUT2D eigenvalue weighted by Gasteiger charge is 2.23. The maximum Gasteiger partial charge on any atom is 0.220 e. The van der Waals surface area contributed by atoms with E-state index >= 15 is 0 Å². The Hall–Kier alpha value is -1.53. The Balaban J connectivity index is 2.01. The van der Waals surface area contributed by atoms with Crippen LogP contribution in [0.2, 0.25) is 0 Å². The molecule has 1 saturated heterocycles. The number of halogens is 1. The van der Waals surface area contributed by atoms with Gasteiger partial charge < -0.3 is 11.5 Å². The lowest BCUT2D eigenvalue weighted by Crippen LogP contribution is -2.38. The quantitative estimate of drug-likeness (QED) is 0.818. The minimum absolute atomic E-state index is 0.0362. The number of primary amides is 1. The van der Waals surface area contributed by atoms with Crippen LogP contribution in [0.1, 0.15) is 24.0 Å². The van der Waals surface area contributed by atoms with Crippen molar-refractivity contribution in [1.82, 2.24) is 4.90 Å². The summed E-state index contributed by atoms with van der Waals surface area (Å²) in [5.74, 6) is -0.602. The third kappa shape index (κ3) is 3.74. The molecule has 0 aromatic heterocycles. The van der Waals surface area contributed by atoms with Crippen molar-refractivity contribution in [3.05, 3.63) is 35.1 Å². The molecule has 1 aliphatic heterocycles. The normalized spacial score (nSPS) is 17.1. The summed E-state index contributed by atoms with van der Waals surface area (Å²) in [6.45, 7) is 2.19. The molecule has 0 aliphatic carbocycles. The molecule has 20 heavy (non-hydrogen) atoms. The number of likely N-dealkylation sites (tertiary alicyclic amines) is 1. The van der Waals surface area contributed by atoms with Crippen molar-refractivity contribution in [2.24, 2.45) is 17.4 Å². The first-order chi connectivity index (χ1) is 9.45. The first-order valence-corrected chi connectivity index (χ1v) is 6.97. The van der Waals surface area contributed by atoms with Gasteiger partial charge in [0.2, 0.25) is 5.91 Å². The number of piperidine rings is 1. The summed E-state index contributed by atoms with van der Waals surface area (Å²) in [6.07, 6.45) is 1.51. The van der Waals surface area contributed by atoms with Crippen LogP contribution in [0.15, 0.2) is 18.2 Å². The average molecular weight is 295 g/mol. The van der Waals surface area contributed by atoms with E-state index in [0.29, 0.717) is 12.1 Å². The molecule has 1 fully saturated rings. The van der Waals surface area contributed by atoms with Crippen LogP contribution in [0.5, 0.6) is 0 Å². The molecule has 1 aliphatic rings. The van der Waals surface area contributed by atoms with Gasteiger partial charge in [-0.2, -0.15) is 0 Å². The third-order valence-corrected chi connectivity index (χ3v) is 3.87. The third-order valence-electron chi connectivity index (χ3n) is 3.64. The number of carbonyl (C=O) groups excluding carboxylic acids is 1. The summed E-state index contributed by atoms with van der Waals surface area (Å²) in [6, 6.07) is 4.64. The Labute approximate surface area is 122 Å². The zero-order valence-electron chi connectivity index (χ0n) is 11.1. The van der Waals surface area contributed by atoms with E-state index < -0.39 is 0 Å². The van der Waals surface area contributed by atoms with E-state index in [1.165, 1.54) is 12.1 Å². The number of benzene rings is 1. The summed E-state index contributed by atoms with van der Waals surface area (Å²) in [7, 11) is 0. The van der Waals surface area contributed by atoms with Crippen LogP contribution in [0, 0.1) is 11.7 Å². The molecule has 1 aromatic rings. The van der Waals surface area contributed by atoms with Crippen LogP contribution in [0.4, 0.5) is 4.39 Å². The van der Waals surface area contributed by atoms with E-state index in [9.17, 15) is 9.18 Å². The fourth-order valence-electron chi connectivity index (χ4n) is 2.52. The number of hydrogen-bond acceptors (Lipinski definition) is 3. The molecule has 0 atom stereocenters. The van der Waals surface area contributed by atoms with Gasteiger partial charge in [-0.25, -0.2) is 4.39 Å². The second kappa shape index (κ2) is 6.28. The molecule has 1 amide bonds. The second-order valence-electron chi connectivity index (χ2n) is 5.17. The number of amides is 1. The largest absolute Gasteiger partial charge is 0.389 e. The van der Waals surface area contributed by atoms with Gasteiger partial charge >= 0.3 is 0 Å². The number of hydrogen-bond donors (Lipinski definition) is 2. The van der Waals surface area contributed by atoms with E-state index in [4.69, 9.17) is 23.7 Å². The van der Waals surface area contributed by atoms with Crippen LogP contribution in [-0.2, 0) is 11.3 Å². The average Bonchev–Trinajstić information content (AvgIpc) is 2.38. The Morgan fingerprint density at radius 2 is 1.95 bits per heavy atom. The molecule has 0 unspecified atom stereocenters. The fourth-order valence-corrected chi connectivity index (χ4v) is 2.64. The number of nitrogens with two attached hydrogens (primary N) is 2. The summed E-state index contributed by atoms with van der Waals surface area (Å²) in [4.78, 5) is 13.5. The predicted octanol–water partition coefficient (Wildman–Crippen LogP) is 1.16. The zero-order valence-corrected chi connectivity index (χ0v) is 12.0. The maximum absolute atomic E-state index is 13.5. The molecule has 6 heteroatoms. The van der Waals surface area contributed by atoms with Crippen molar-refractivity contribution in [3.8, 4) is 0 Å². The smallest absolute Gasteiger partial charge is 0.220 e. The Kier molecular flexibility index (Phi) is 4.67. The van der Waals surface area contributed by atoms with Crippen molar-refractivity contribution in [1.29, 1.82) is 0 Å². The molecule has 2 rings (SSSR count). The van der Waals surface area contributed by atoms with Gasteiger partial charge in [0.1, 0.15) is 10.8 Å². The molecule has 0 spiro atoms. The highest BCUT2D eigenvalue weighted by Crippen LogP contribution is 2.19. The van der Waals surface area contributed by atoms with Gasteiger partial charge in [-0.15, -0.1) is 0 Å². The molecular formula is C14H18FN3OS. The van der Waals surface area contributed by atoms with E-state index in [1.807, 2.05) is 6.07 Å². The number of thiocarbonyl (C=S) groups is 1. The van der Waals surface area contributed by atoms with E-state index in [1.54, 1.807) is 0 Å². The van der Waals surface area contributed by atoms with Crippen molar-refractivity contribution < 1.29 is 9.18 Å². The monoisotopic (exact) mass is 295 g/mol. The van der Waals surface area contributed by atoms with Crippen LogP contribution >= 0.6 is 12.2 Å². The lowest BCUT2D eigenvalue weighted by Gasteiger charge is -2.30. The number of nitrogens with zero attached hydrogens (tertiary/aromatic N) is 1. The van der Waals surface area contributed by atoms with Gasteiger partial charge in [-0.3, -0.25) is 9.69 Å². The van der Waals surface area contributed by atoms with Crippen molar-refractivity contribution in [3.63, 3.8) is 0 Å². The lowest BCUT2D eigenvalue weighted by atomic mass is 9.96. The summed E-state index contributed by atoms with van der Waals surface area (Å²) in [5, 5.41) is 0. The molecular weight excluding hydrogens is 277 g/mol. The van der Waals surface area contributed by atoms with E-state index in [2.05, 4.69) is 4.90 Å². The van der Waals surface area contributed by atoms with E-state index in [0.717, 1.165) is 31.5 Å². The molecule has 1 heterocycles. The first kappa shape index (κ1) is 14.9. The van der Waals surface area contributed by atoms with Crippen LogP contribution in [-0.4, -0.2) is 28.9 Å². The number of rotatable bonds is 4. The first-order valence-electron chi connectivity index (χ1n) is 6.56. The molecule has 4 N–H and O–H groups in total. The van der Waals surface area contributed by atoms with Crippen molar-refractivity contribution in [2.45, 2.75) is 19.4 Å².